The average Bonchev–Trinajstić information content (AvgIpc) is 2.93. The summed E-state index contributed by atoms with van der Waals surface area (Å²) >= 11 is 0. The van der Waals surface area contributed by atoms with Crippen LogP contribution in [0.4, 0.5) is 13.2 Å². The maximum atomic E-state index is 12.5. The van der Waals surface area contributed by atoms with Crippen LogP contribution < -0.4 is 5.32 Å². The van der Waals surface area contributed by atoms with Gasteiger partial charge in [0.1, 0.15) is 0 Å². The van der Waals surface area contributed by atoms with E-state index in [2.05, 4.69) is 29.1 Å². The standard InChI is InChI=1S/C18H33F3N4.HI/c1-4-7-17(2)8-5-9-25(13-17)16(22-3)23-11-15-6-10-24(12-15)14-18(19,20)21;/h15H,4-14H2,1-3H3,(H,22,23);1H. The first-order valence-corrected chi connectivity index (χ1v) is 9.49. The molecule has 2 aliphatic heterocycles. The van der Waals surface area contributed by atoms with Crippen LogP contribution in [-0.4, -0.2) is 68.3 Å². The number of hydrogen-bond acceptors (Lipinski definition) is 2. The molecule has 2 atom stereocenters. The van der Waals surface area contributed by atoms with E-state index in [9.17, 15) is 13.2 Å². The molecule has 1 N–H and O–H groups in total. The molecule has 0 aliphatic carbocycles. The average molecular weight is 490 g/mol. The van der Waals surface area contributed by atoms with Gasteiger partial charge in [0.15, 0.2) is 5.96 Å². The van der Waals surface area contributed by atoms with E-state index in [1.54, 1.807) is 7.05 Å². The van der Waals surface area contributed by atoms with Crippen molar-refractivity contribution >= 4 is 29.9 Å². The predicted octanol–water partition coefficient (Wildman–Crippen LogP) is 3.97. The van der Waals surface area contributed by atoms with Crippen molar-refractivity contribution in [3.8, 4) is 0 Å². The van der Waals surface area contributed by atoms with Crippen molar-refractivity contribution in [3.63, 3.8) is 0 Å². The molecule has 0 spiro atoms. The van der Waals surface area contributed by atoms with Crippen LogP contribution in [0.1, 0.15) is 46.0 Å². The number of guanidine groups is 1. The van der Waals surface area contributed by atoms with E-state index >= 15 is 0 Å². The van der Waals surface area contributed by atoms with Crippen LogP contribution in [0.25, 0.3) is 0 Å². The van der Waals surface area contributed by atoms with Gasteiger partial charge < -0.3 is 10.2 Å². The Morgan fingerprint density at radius 2 is 2.04 bits per heavy atom. The van der Waals surface area contributed by atoms with Gasteiger partial charge in [0.05, 0.1) is 6.54 Å². The van der Waals surface area contributed by atoms with Crippen LogP contribution in [0.2, 0.25) is 0 Å². The first kappa shape index (κ1) is 23.8. The molecule has 154 valence electrons. The van der Waals surface area contributed by atoms with E-state index in [1.165, 1.54) is 30.6 Å². The zero-order chi connectivity index (χ0) is 18.5. The summed E-state index contributed by atoms with van der Waals surface area (Å²) in [5.74, 6) is 1.15. The van der Waals surface area contributed by atoms with Crippen LogP contribution >= 0.6 is 24.0 Å². The second-order valence-electron chi connectivity index (χ2n) is 8.02. The van der Waals surface area contributed by atoms with Crippen LogP contribution in [0.5, 0.6) is 0 Å². The SMILES string of the molecule is CCCC1(C)CCCN(C(=NC)NCC2CCN(CC(F)(F)F)C2)C1.I. The third-order valence-corrected chi connectivity index (χ3v) is 5.47. The van der Waals surface area contributed by atoms with Gasteiger partial charge in [-0.3, -0.25) is 9.89 Å². The van der Waals surface area contributed by atoms with Gasteiger partial charge in [0.2, 0.25) is 0 Å². The molecule has 0 bridgehead atoms. The fourth-order valence-corrected chi connectivity index (χ4v) is 4.35. The van der Waals surface area contributed by atoms with Gasteiger partial charge >= 0.3 is 6.18 Å². The zero-order valence-corrected chi connectivity index (χ0v) is 18.6. The Labute approximate surface area is 173 Å². The Kier molecular flexibility index (Phi) is 9.46. The number of halogens is 4. The lowest BCUT2D eigenvalue weighted by Crippen LogP contribution is -2.50. The van der Waals surface area contributed by atoms with E-state index < -0.39 is 12.7 Å². The molecular weight excluding hydrogens is 456 g/mol. The molecule has 4 nitrogen and oxygen atoms in total. The van der Waals surface area contributed by atoms with E-state index in [0.717, 1.165) is 25.5 Å². The van der Waals surface area contributed by atoms with Gasteiger partial charge in [-0.15, -0.1) is 24.0 Å². The zero-order valence-electron chi connectivity index (χ0n) is 16.2. The maximum Gasteiger partial charge on any atom is 0.401 e. The van der Waals surface area contributed by atoms with Gasteiger partial charge in [0.25, 0.3) is 0 Å². The molecule has 2 rings (SSSR count). The molecule has 2 aliphatic rings. The Bertz CT molecular complexity index is 454. The van der Waals surface area contributed by atoms with Crippen LogP contribution in [-0.2, 0) is 0 Å². The fraction of sp³-hybridized carbons (Fsp3) is 0.944. The van der Waals surface area contributed by atoms with E-state index in [-0.39, 0.29) is 29.9 Å². The van der Waals surface area contributed by atoms with Crippen molar-refractivity contribution in [3.05, 3.63) is 0 Å². The van der Waals surface area contributed by atoms with Gasteiger partial charge in [-0.1, -0.05) is 20.3 Å². The molecule has 2 fully saturated rings. The van der Waals surface area contributed by atoms with Crippen LogP contribution in [0, 0.1) is 11.3 Å². The summed E-state index contributed by atoms with van der Waals surface area (Å²) in [5, 5.41) is 3.41. The van der Waals surface area contributed by atoms with Gasteiger partial charge in [0, 0.05) is 33.2 Å². The van der Waals surface area contributed by atoms with Gasteiger partial charge in [-0.2, -0.15) is 13.2 Å². The fourth-order valence-electron chi connectivity index (χ4n) is 4.35. The largest absolute Gasteiger partial charge is 0.401 e. The molecule has 2 unspecified atom stereocenters. The molecule has 0 aromatic carbocycles. The highest BCUT2D eigenvalue weighted by Gasteiger charge is 2.35. The number of nitrogens with one attached hydrogen (secondary N) is 1. The first-order chi connectivity index (χ1) is 11.7. The van der Waals surface area contributed by atoms with Crippen molar-refractivity contribution in [2.45, 2.75) is 52.1 Å². The number of likely N-dealkylation sites (tertiary alicyclic amines) is 2. The highest BCUT2D eigenvalue weighted by molar-refractivity contribution is 14.0. The summed E-state index contributed by atoms with van der Waals surface area (Å²) in [6.07, 6.45) is 1.54. The van der Waals surface area contributed by atoms with Gasteiger partial charge in [-0.25, -0.2) is 0 Å². The summed E-state index contributed by atoms with van der Waals surface area (Å²) in [7, 11) is 1.79. The Morgan fingerprint density at radius 3 is 2.65 bits per heavy atom. The summed E-state index contributed by atoms with van der Waals surface area (Å²) < 4.78 is 37.5. The Morgan fingerprint density at radius 1 is 1.31 bits per heavy atom. The maximum absolute atomic E-state index is 12.5. The monoisotopic (exact) mass is 490 g/mol. The minimum Gasteiger partial charge on any atom is -0.356 e. The normalized spacial score (nSPS) is 28.2. The topological polar surface area (TPSA) is 30.9 Å². The molecule has 2 saturated heterocycles. The number of rotatable bonds is 5. The lowest BCUT2D eigenvalue weighted by atomic mass is 9.78. The number of aliphatic imine (C=N–C) groups is 1. The lowest BCUT2D eigenvalue weighted by Gasteiger charge is -2.42. The van der Waals surface area contributed by atoms with Crippen molar-refractivity contribution < 1.29 is 13.2 Å². The minimum atomic E-state index is -4.10. The van der Waals surface area contributed by atoms with Crippen molar-refractivity contribution in [2.24, 2.45) is 16.3 Å². The first-order valence-electron chi connectivity index (χ1n) is 9.49. The highest BCUT2D eigenvalue weighted by atomic mass is 127. The van der Waals surface area contributed by atoms with E-state index in [0.29, 0.717) is 25.0 Å². The number of alkyl halides is 3. The Balaban J connectivity index is 0.00000338. The third kappa shape index (κ3) is 7.40. The van der Waals surface area contributed by atoms with E-state index in [1.807, 2.05) is 0 Å². The van der Waals surface area contributed by atoms with Crippen molar-refractivity contribution in [1.29, 1.82) is 0 Å². The Hall–Kier alpha value is -0.250. The highest BCUT2D eigenvalue weighted by Crippen LogP contribution is 2.34. The molecule has 0 saturated carbocycles. The van der Waals surface area contributed by atoms with Crippen LogP contribution in [0.15, 0.2) is 4.99 Å². The second kappa shape index (κ2) is 10.3. The molecule has 0 aromatic heterocycles. The summed E-state index contributed by atoms with van der Waals surface area (Å²) in [4.78, 5) is 8.24. The molecule has 0 radical (unpaired) electrons. The third-order valence-electron chi connectivity index (χ3n) is 5.47. The molecule has 8 heteroatoms. The van der Waals surface area contributed by atoms with Crippen molar-refractivity contribution in [2.75, 3.05) is 46.3 Å². The molecule has 0 amide bonds. The number of nitrogens with zero attached hydrogens (tertiary/aromatic N) is 3. The molecule has 26 heavy (non-hydrogen) atoms. The number of piperidine rings is 1. The lowest BCUT2D eigenvalue weighted by molar-refractivity contribution is -0.143. The second-order valence-corrected chi connectivity index (χ2v) is 8.02. The quantitative estimate of drug-likeness (QED) is 0.360. The smallest absolute Gasteiger partial charge is 0.356 e. The summed E-state index contributed by atoms with van der Waals surface area (Å²) in [5.41, 5.74) is 0.335. The molecular formula is C18H34F3IN4. The van der Waals surface area contributed by atoms with Crippen molar-refractivity contribution in [1.82, 2.24) is 15.1 Å². The number of hydrogen-bond donors (Lipinski definition) is 1. The molecule has 2 heterocycles. The molecule has 0 aromatic rings. The van der Waals surface area contributed by atoms with Gasteiger partial charge in [-0.05, 0) is 43.6 Å². The summed E-state index contributed by atoms with van der Waals surface area (Å²) in [6, 6.07) is 0. The van der Waals surface area contributed by atoms with E-state index in [4.69, 9.17) is 0 Å². The summed E-state index contributed by atoms with van der Waals surface area (Å²) in [6.45, 7) is 7.53. The minimum absolute atomic E-state index is 0. The predicted molar refractivity (Wildman–Crippen MR) is 111 cm³/mol. The van der Waals surface area contributed by atoms with Crippen LogP contribution in [0.3, 0.4) is 0 Å².